The Morgan fingerprint density at radius 1 is 1.04 bits per heavy atom. The lowest BCUT2D eigenvalue weighted by Crippen LogP contribution is -2.34. The Balaban J connectivity index is 2.36. The van der Waals surface area contributed by atoms with Gasteiger partial charge in [0.15, 0.2) is 11.6 Å². The van der Waals surface area contributed by atoms with Crippen molar-refractivity contribution in [2.24, 2.45) is 5.18 Å². The van der Waals surface area contributed by atoms with E-state index in [0.717, 1.165) is 30.0 Å². The highest BCUT2D eigenvalue weighted by atomic mass is 19.1. The molecule has 28 heavy (non-hydrogen) atoms. The summed E-state index contributed by atoms with van der Waals surface area (Å²) in [5.74, 6) is -1.51. The van der Waals surface area contributed by atoms with Gasteiger partial charge in [-0.1, -0.05) is 38.9 Å². The molecule has 0 unspecified atom stereocenters. The molecule has 2 aromatic rings. The van der Waals surface area contributed by atoms with E-state index in [1.165, 1.54) is 12.7 Å². The quantitative estimate of drug-likeness (QED) is 0.557. The van der Waals surface area contributed by atoms with Crippen molar-refractivity contribution >= 4 is 0 Å². The Morgan fingerprint density at radius 3 is 2.14 bits per heavy atom. The van der Waals surface area contributed by atoms with Crippen molar-refractivity contribution in [3.63, 3.8) is 0 Å². The highest BCUT2D eigenvalue weighted by Crippen LogP contribution is 2.49. The van der Waals surface area contributed by atoms with Crippen LogP contribution in [0.25, 0.3) is 11.1 Å². The van der Waals surface area contributed by atoms with Gasteiger partial charge >= 0.3 is 0 Å². The van der Waals surface area contributed by atoms with E-state index in [1.54, 1.807) is 0 Å². The van der Waals surface area contributed by atoms with Gasteiger partial charge in [0.25, 0.3) is 0 Å². The van der Waals surface area contributed by atoms with Crippen LogP contribution in [0.1, 0.15) is 62.8 Å². The van der Waals surface area contributed by atoms with Crippen LogP contribution in [0.2, 0.25) is 0 Å². The molecule has 150 valence electrons. The van der Waals surface area contributed by atoms with Crippen LogP contribution in [0, 0.1) is 23.5 Å². The summed E-state index contributed by atoms with van der Waals surface area (Å²) < 4.78 is 35.1. The maximum atomic E-state index is 15.3. The molecule has 0 spiro atoms. The van der Waals surface area contributed by atoms with E-state index in [-0.39, 0.29) is 27.7 Å². The summed E-state index contributed by atoms with van der Waals surface area (Å²) in [7, 11) is 1.32. The Kier molecular flexibility index (Phi) is 5.07. The minimum atomic E-state index is -0.700. The fourth-order valence-corrected chi connectivity index (χ4v) is 4.28. The maximum Gasteiger partial charge on any atom is 0.166 e. The Bertz CT molecular complexity index is 948. The van der Waals surface area contributed by atoms with Gasteiger partial charge in [-0.05, 0) is 65.0 Å². The van der Waals surface area contributed by atoms with E-state index in [4.69, 9.17) is 4.74 Å². The number of halogens is 2. The molecule has 0 bridgehead atoms. The molecule has 1 aliphatic rings. The van der Waals surface area contributed by atoms with Crippen molar-refractivity contribution in [3.05, 3.63) is 57.0 Å². The minimum absolute atomic E-state index is 0.0192. The first-order valence-electron chi connectivity index (χ1n) is 9.53. The van der Waals surface area contributed by atoms with E-state index >= 15 is 4.39 Å². The predicted molar refractivity (Wildman–Crippen MR) is 108 cm³/mol. The highest BCUT2D eigenvalue weighted by molar-refractivity contribution is 5.77. The molecule has 3 rings (SSSR count). The first kappa shape index (κ1) is 20.4. The van der Waals surface area contributed by atoms with Gasteiger partial charge in [0.1, 0.15) is 12.4 Å². The molecule has 0 saturated carbocycles. The lowest BCUT2D eigenvalue weighted by atomic mass is 9.62. The van der Waals surface area contributed by atoms with Gasteiger partial charge in [-0.25, -0.2) is 8.78 Å². The molecule has 0 aromatic heterocycles. The van der Waals surface area contributed by atoms with Crippen LogP contribution in [0.5, 0.6) is 5.75 Å². The fraction of sp³-hybridized carbons (Fsp3) is 0.478. The van der Waals surface area contributed by atoms with Crippen molar-refractivity contribution in [3.8, 4) is 16.9 Å². The van der Waals surface area contributed by atoms with Crippen molar-refractivity contribution < 1.29 is 13.5 Å². The number of nitrogens with zero attached hydrogens (tertiary/aromatic N) is 1. The summed E-state index contributed by atoms with van der Waals surface area (Å²) >= 11 is 0. The topological polar surface area (TPSA) is 38.7 Å². The molecule has 5 heteroatoms. The molecule has 2 aromatic carbocycles. The van der Waals surface area contributed by atoms with Crippen LogP contribution in [0.3, 0.4) is 0 Å². The van der Waals surface area contributed by atoms with E-state index in [0.29, 0.717) is 5.56 Å². The largest absolute Gasteiger partial charge is 0.493 e. The summed E-state index contributed by atoms with van der Waals surface area (Å²) in [6, 6.07) is 5.05. The zero-order valence-corrected chi connectivity index (χ0v) is 17.4. The maximum absolute atomic E-state index is 15.3. The summed E-state index contributed by atoms with van der Waals surface area (Å²) in [5, 5.41) is 2.74. The number of benzene rings is 2. The third-order valence-corrected chi connectivity index (χ3v) is 6.15. The lowest BCUT2D eigenvalue weighted by Gasteiger charge is -2.42. The Labute approximate surface area is 165 Å². The van der Waals surface area contributed by atoms with Gasteiger partial charge < -0.3 is 4.74 Å². The lowest BCUT2D eigenvalue weighted by molar-refractivity contribution is 0.332. The SMILES string of the molecule is COc1c(F)cc(CN=O)c(F)c1-c1cc2c(cc1C)C(C)(C)CCC2(C)C. The number of methoxy groups -OCH3 is 1. The van der Waals surface area contributed by atoms with E-state index in [1.807, 2.05) is 13.0 Å². The number of hydrogen-bond donors (Lipinski definition) is 0. The summed E-state index contributed by atoms with van der Waals surface area (Å²) in [6.45, 7) is 10.3. The van der Waals surface area contributed by atoms with Gasteiger partial charge in [-0.2, -0.15) is 4.91 Å². The third-order valence-electron chi connectivity index (χ3n) is 6.15. The zero-order valence-electron chi connectivity index (χ0n) is 17.4. The van der Waals surface area contributed by atoms with Crippen LogP contribution >= 0.6 is 0 Å². The molecule has 0 fully saturated rings. The number of fused-ring (bicyclic) bond motifs is 1. The summed E-state index contributed by atoms with van der Waals surface area (Å²) in [5.41, 5.74) is 3.76. The van der Waals surface area contributed by atoms with Gasteiger partial charge in [-0.15, -0.1) is 0 Å². The van der Waals surface area contributed by atoms with Crippen molar-refractivity contribution in [2.75, 3.05) is 7.11 Å². The van der Waals surface area contributed by atoms with E-state index in [2.05, 4.69) is 38.9 Å². The van der Waals surface area contributed by atoms with Gasteiger partial charge in [0.05, 0.1) is 12.7 Å². The molecule has 0 amide bonds. The second kappa shape index (κ2) is 6.94. The van der Waals surface area contributed by atoms with Crippen molar-refractivity contribution in [1.82, 2.24) is 0 Å². The molecule has 0 radical (unpaired) electrons. The van der Waals surface area contributed by atoms with Crippen molar-refractivity contribution in [1.29, 1.82) is 0 Å². The molecule has 0 heterocycles. The standard InChI is InChI=1S/C23H27F2NO2/c1-13-9-16-17(23(4,5)8-7-22(16,2)3)11-15(13)19-20(25)14(12-26-27)10-18(24)21(19)28-6/h9-11H,7-8,12H2,1-6H3. The average Bonchev–Trinajstić information content (AvgIpc) is 2.62. The first-order chi connectivity index (χ1) is 13.0. The van der Waals surface area contributed by atoms with E-state index in [9.17, 15) is 9.30 Å². The molecule has 0 N–H and O–H groups in total. The first-order valence-corrected chi connectivity index (χ1v) is 9.53. The molecule has 0 atom stereocenters. The van der Waals surface area contributed by atoms with Crippen LogP contribution < -0.4 is 4.74 Å². The molecule has 1 aliphatic carbocycles. The van der Waals surface area contributed by atoms with Crippen LogP contribution in [0.4, 0.5) is 8.78 Å². The third kappa shape index (κ3) is 3.21. The zero-order chi connectivity index (χ0) is 20.9. The summed E-state index contributed by atoms with van der Waals surface area (Å²) in [4.78, 5) is 10.7. The molecule has 3 nitrogen and oxygen atoms in total. The number of rotatable bonds is 4. The smallest absolute Gasteiger partial charge is 0.166 e. The fourth-order valence-electron chi connectivity index (χ4n) is 4.28. The predicted octanol–water partition coefficient (Wildman–Crippen LogP) is 6.56. The minimum Gasteiger partial charge on any atom is -0.493 e. The second-order valence-electron chi connectivity index (χ2n) is 9.01. The van der Waals surface area contributed by atoms with Crippen LogP contribution in [-0.2, 0) is 17.4 Å². The van der Waals surface area contributed by atoms with Gasteiger partial charge in [0.2, 0.25) is 0 Å². The number of hydrogen-bond acceptors (Lipinski definition) is 3. The molecule has 0 saturated heterocycles. The molecular weight excluding hydrogens is 360 g/mol. The normalized spacial score (nSPS) is 17.1. The van der Waals surface area contributed by atoms with E-state index < -0.39 is 18.2 Å². The second-order valence-corrected chi connectivity index (χ2v) is 9.01. The van der Waals surface area contributed by atoms with Crippen molar-refractivity contribution in [2.45, 2.75) is 64.8 Å². The molecule has 0 aliphatic heterocycles. The summed E-state index contributed by atoms with van der Waals surface area (Å²) in [6.07, 6.45) is 2.08. The van der Waals surface area contributed by atoms with Gasteiger partial charge in [-0.3, -0.25) is 0 Å². The van der Waals surface area contributed by atoms with Gasteiger partial charge in [0, 0.05) is 5.56 Å². The Morgan fingerprint density at radius 2 is 1.61 bits per heavy atom. The Hall–Kier alpha value is -2.30. The number of nitroso groups, excluding NO2 is 1. The number of aryl methyl sites for hydroxylation is 1. The average molecular weight is 387 g/mol. The molecular formula is C23H27F2NO2. The van der Waals surface area contributed by atoms with Crippen LogP contribution in [-0.4, -0.2) is 7.11 Å². The monoisotopic (exact) mass is 387 g/mol. The highest BCUT2D eigenvalue weighted by Gasteiger charge is 2.38. The van der Waals surface area contributed by atoms with Crippen LogP contribution in [0.15, 0.2) is 23.4 Å². The number of ether oxygens (including phenoxy) is 1.